The average molecular weight is 394 g/mol. The van der Waals surface area contributed by atoms with Crippen LogP contribution in [0.1, 0.15) is 0 Å². The summed E-state index contributed by atoms with van der Waals surface area (Å²) in [6.07, 6.45) is 1.28. The van der Waals surface area contributed by atoms with Crippen LogP contribution in [0, 0.1) is 0 Å². The monoisotopic (exact) mass is 393 g/mol. The molecule has 0 radical (unpaired) electrons. The lowest BCUT2D eigenvalue weighted by Gasteiger charge is -2.22. The maximum atomic E-state index is 12.3. The van der Waals surface area contributed by atoms with Gasteiger partial charge in [0.05, 0.1) is 12.5 Å². The summed E-state index contributed by atoms with van der Waals surface area (Å²) in [4.78, 5) is 0. The average Bonchev–Trinajstić information content (AvgIpc) is 2.16. The van der Waals surface area contributed by atoms with Crippen LogP contribution in [-0.2, 0) is 20.0 Å². The highest BCUT2D eigenvalue weighted by Gasteiger charge is 2.30. The van der Waals surface area contributed by atoms with Gasteiger partial charge in [-0.1, -0.05) is 15.9 Å². The maximum absolute atomic E-state index is 12.3. The van der Waals surface area contributed by atoms with E-state index >= 15 is 0 Å². The molecule has 0 amide bonds. The number of anilines is 1. The van der Waals surface area contributed by atoms with Crippen molar-refractivity contribution in [2.24, 2.45) is 0 Å². The van der Waals surface area contributed by atoms with Crippen LogP contribution in [0.4, 0.5) is 14.5 Å². The zero-order chi connectivity index (χ0) is 15.7. The Morgan fingerprint density at radius 1 is 1.15 bits per heavy atom. The van der Waals surface area contributed by atoms with Gasteiger partial charge in [-0.15, -0.1) is 0 Å². The molecular weight excluding hydrogens is 384 g/mol. The van der Waals surface area contributed by atoms with Crippen LogP contribution >= 0.6 is 15.9 Å². The summed E-state index contributed by atoms with van der Waals surface area (Å²) < 4.78 is 75.6. The number of nitrogens with zero attached hydrogens (tertiary/aromatic N) is 1. The Balaban J connectivity index is 3.57. The molecule has 0 spiro atoms. The Morgan fingerprint density at radius 2 is 1.65 bits per heavy atom. The van der Waals surface area contributed by atoms with E-state index in [1.165, 1.54) is 6.07 Å². The lowest BCUT2D eigenvalue weighted by molar-refractivity contribution is -0.0494. The van der Waals surface area contributed by atoms with Gasteiger partial charge in [-0.3, -0.25) is 0 Å². The Morgan fingerprint density at radius 3 is 2.05 bits per heavy atom. The highest BCUT2D eigenvalue weighted by Crippen LogP contribution is 2.35. The maximum Gasteiger partial charge on any atom is 0.387 e. The number of rotatable bonds is 5. The van der Waals surface area contributed by atoms with Gasteiger partial charge in [-0.2, -0.15) is 12.5 Å². The van der Waals surface area contributed by atoms with E-state index in [2.05, 4.69) is 20.7 Å². The number of halogens is 3. The molecule has 1 aromatic rings. The lowest BCUT2D eigenvalue weighted by Crippen LogP contribution is -2.35. The van der Waals surface area contributed by atoms with Crippen LogP contribution in [0.5, 0.6) is 5.75 Å². The summed E-state index contributed by atoms with van der Waals surface area (Å²) in [5, 5.41) is 0. The van der Waals surface area contributed by atoms with Gasteiger partial charge in [0.1, 0.15) is 5.69 Å². The van der Waals surface area contributed by atoms with Crippen molar-refractivity contribution < 1.29 is 30.4 Å². The van der Waals surface area contributed by atoms with Crippen molar-refractivity contribution in [3.8, 4) is 5.75 Å². The van der Waals surface area contributed by atoms with Crippen LogP contribution in [-0.4, -0.2) is 36.0 Å². The zero-order valence-electron chi connectivity index (χ0n) is 10.2. The molecule has 114 valence electrons. The third kappa shape index (κ3) is 4.28. The first kappa shape index (κ1) is 17.1. The largest absolute Gasteiger partial charge is 0.432 e. The molecule has 20 heavy (non-hydrogen) atoms. The summed E-state index contributed by atoms with van der Waals surface area (Å²) in [7, 11) is -8.48. The minimum absolute atomic E-state index is 0.0319. The Bertz CT molecular complexity index is 673. The molecule has 0 saturated heterocycles. The second-order valence-electron chi connectivity index (χ2n) is 3.71. The van der Waals surface area contributed by atoms with E-state index in [0.29, 0.717) is 17.0 Å². The molecule has 0 aliphatic heterocycles. The zero-order valence-corrected chi connectivity index (χ0v) is 13.5. The second kappa shape index (κ2) is 5.82. The first-order valence-corrected chi connectivity index (χ1v) is 9.36. The highest BCUT2D eigenvalue weighted by molar-refractivity contribution is 9.10. The minimum atomic E-state index is -4.24. The van der Waals surface area contributed by atoms with Gasteiger partial charge in [0.15, 0.2) is 5.75 Å². The molecule has 0 fully saturated rings. The van der Waals surface area contributed by atoms with Crippen molar-refractivity contribution in [2.45, 2.75) is 6.61 Å². The lowest BCUT2D eigenvalue weighted by atomic mass is 10.3. The summed E-state index contributed by atoms with van der Waals surface area (Å²) in [6, 6.07) is 3.39. The van der Waals surface area contributed by atoms with E-state index in [1.54, 1.807) is 0 Å². The molecule has 0 atom stereocenters. The van der Waals surface area contributed by atoms with Gasteiger partial charge in [-0.25, -0.2) is 16.8 Å². The van der Waals surface area contributed by atoms with Crippen LogP contribution in [0.15, 0.2) is 22.7 Å². The van der Waals surface area contributed by atoms with Crippen LogP contribution < -0.4 is 8.45 Å². The highest BCUT2D eigenvalue weighted by atomic mass is 79.9. The molecule has 6 nitrogen and oxygen atoms in total. The fourth-order valence-electron chi connectivity index (χ4n) is 1.43. The fourth-order valence-corrected chi connectivity index (χ4v) is 4.76. The van der Waals surface area contributed by atoms with Gasteiger partial charge in [0, 0.05) is 4.47 Å². The molecule has 11 heteroatoms. The third-order valence-corrected chi connectivity index (χ3v) is 5.65. The summed E-state index contributed by atoms with van der Waals surface area (Å²) >= 11 is 2.99. The van der Waals surface area contributed by atoms with E-state index in [9.17, 15) is 25.6 Å². The predicted octanol–water partition coefficient (Wildman–Crippen LogP) is 1.78. The van der Waals surface area contributed by atoms with Crippen molar-refractivity contribution in [3.05, 3.63) is 22.7 Å². The Hall–Kier alpha value is -0.940. The van der Waals surface area contributed by atoms with Crippen molar-refractivity contribution in [1.82, 2.24) is 0 Å². The Kier molecular flexibility index (Phi) is 4.98. The van der Waals surface area contributed by atoms with Crippen molar-refractivity contribution in [3.63, 3.8) is 0 Å². The van der Waals surface area contributed by atoms with Crippen molar-refractivity contribution in [2.75, 3.05) is 16.2 Å². The van der Waals surface area contributed by atoms with Gasteiger partial charge in [0.25, 0.3) is 0 Å². The molecule has 0 bridgehead atoms. The smallest absolute Gasteiger partial charge is 0.387 e. The number of ether oxygens (including phenoxy) is 1. The number of hydrogen-bond acceptors (Lipinski definition) is 5. The van der Waals surface area contributed by atoms with Crippen molar-refractivity contribution in [1.29, 1.82) is 0 Å². The third-order valence-electron chi connectivity index (χ3n) is 1.94. The summed E-state index contributed by atoms with van der Waals surface area (Å²) in [6.45, 7) is -3.23. The van der Waals surface area contributed by atoms with Crippen molar-refractivity contribution >= 4 is 41.7 Å². The predicted molar refractivity (Wildman–Crippen MR) is 72.9 cm³/mol. The van der Waals surface area contributed by atoms with Crippen LogP contribution in [0.3, 0.4) is 0 Å². The molecule has 0 aliphatic carbocycles. The molecule has 0 heterocycles. The standard InChI is InChI=1S/C9H10BrF2NO5S2/c1-19(14,15)13(20(2,16)17)7-4-3-6(10)5-8(7)18-9(11)12/h3-5,9H,1-2H3. The summed E-state index contributed by atoms with van der Waals surface area (Å²) in [5.74, 6) is -0.578. The molecule has 1 aromatic carbocycles. The normalized spacial score (nSPS) is 12.5. The number of benzene rings is 1. The number of sulfonamides is 2. The molecule has 0 aromatic heterocycles. The Labute approximate surface area is 123 Å². The van der Waals surface area contributed by atoms with E-state index in [4.69, 9.17) is 0 Å². The van der Waals surface area contributed by atoms with Gasteiger partial charge < -0.3 is 4.74 Å². The van der Waals surface area contributed by atoms with E-state index in [-0.39, 0.29) is 3.71 Å². The van der Waals surface area contributed by atoms with Gasteiger partial charge in [0.2, 0.25) is 20.0 Å². The van der Waals surface area contributed by atoms with Gasteiger partial charge in [-0.05, 0) is 18.2 Å². The minimum Gasteiger partial charge on any atom is -0.432 e. The van der Waals surface area contributed by atoms with Gasteiger partial charge >= 0.3 is 6.61 Å². The first-order chi connectivity index (χ1) is 8.93. The van der Waals surface area contributed by atoms with E-state index < -0.39 is 38.1 Å². The molecule has 1 rings (SSSR count). The van der Waals surface area contributed by atoms with E-state index in [0.717, 1.165) is 12.1 Å². The fraction of sp³-hybridized carbons (Fsp3) is 0.333. The topological polar surface area (TPSA) is 80.8 Å². The molecule has 0 N–H and O–H groups in total. The van der Waals surface area contributed by atoms with Crippen LogP contribution in [0.2, 0.25) is 0 Å². The molecule has 0 saturated carbocycles. The van der Waals surface area contributed by atoms with Crippen LogP contribution in [0.25, 0.3) is 0 Å². The number of hydrogen-bond donors (Lipinski definition) is 0. The SMILES string of the molecule is CS(=O)(=O)N(c1ccc(Br)cc1OC(F)F)S(C)(=O)=O. The number of alkyl halides is 2. The molecule has 0 aliphatic rings. The summed E-state index contributed by atoms with van der Waals surface area (Å²) in [5.41, 5.74) is -0.515. The molecular formula is C9H10BrF2NO5S2. The molecule has 0 unspecified atom stereocenters. The second-order valence-corrected chi connectivity index (χ2v) is 8.52. The quantitative estimate of drug-likeness (QED) is 0.761. The first-order valence-electron chi connectivity index (χ1n) is 4.88. The van der Waals surface area contributed by atoms with E-state index in [1.807, 2.05) is 0 Å².